The van der Waals surface area contributed by atoms with E-state index in [1.165, 1.54) is 44.6 Å². The summed E-state index contributed by atoms with van der Waals surface area (Å²) in [6, 6.07) is 0. The Balaban J connectivity index is 1.89. The highest BCUT2D eigenvalue weighted by Gasteiger charge is 2.23. The fraction of sp³-hybridized carbons (Fsp3) is 0.914. The minimum absolute atomic E-state index is 0.0691. The smallest absolute Gasteiger partial charge is 0.331 e. The first-order chi connectivity index (χ1) is 21.2. The molecule has 0 unspecified atom stereocenters. The normalized spacial score (nSPS) is 18.6. The summed E-state index contributed by atoms with van der Waals surface area (Å²) in [6.07, 6.45) is 18.4. The Kier molecular flexibility index (Phi) is 25.2. The summed E-state index contributed by atoms with van der Waals surface area (Å²) in [7, 11) is 0. The number of rotatable bonds is 31. The van der Waals surface area contributed by atoms with E-state index in [0.717, 1.165) is 76.2 Å². The van der Waals surface area contributed by atoms with Crippen LogP contribution in [0.1, 0.15) is 142 Å². The zero-order valence-corrected chi connectivity index (χ0v) is 27.9. The molecule has 9 nitrogen and oxygen atoms in total. The van der Waals surface area contributed by atoms with Gasteiger partial charge in [0.25, 0.3) is 0 Å². The van der Waals surface area contributed by atoms with Crippen LogP contribution in [0.15, 0.2) is 11.6 Å². The van der Waals surface area contributed by atoms with Crippen LogP contribution in [0.25, 0.3) is 0 Å². The second kappa shape index (κ2) is 27.1. The van der Waals surface area contributed by atoms with Gasteiger partial charge in [0, 0.05) is 6.08 Å². The van der Waals surface area contributed by atoms with Gasteiger partial charge in [0.1, 0.15) is 18.3 Å². The van der Waals surface area contributed by atoms with E-state index in [1.807, 2.05) is 6.92 Å². The lowest BCUT2D eigenvalue weighted by Gasteiger charge is -2.20. The second-order valence-electron chi connectivity index (χ2n) is 12.8. The monoisotopic (exact) mass is 630 g/mol. The zero-order chi connectivity index (χ0) is 32.4. The quantitative estimate of drug-likeness (QED) is 0.0494. The molecule has 260 valence electrons. The van der Waals surface area contributed by atoms with E-state index in [2.05, 4.69) is 6.92 Å². The van der Waals surface area contributed by atoms with Crippen LogP contribution in [0.4, 0.5) is 0 Å². The Labute approximate surface area is 267 Å². The van der Waals surface area contributed by atoms with E-state index >= 15 is 0 Å². The molecule has 0 aromatic heterocycles. The molecule has 9 heteroatoms. The molecule has 0 aromatic rings. The standard InChI is InChI=1S/C35H66O9/c1-3-4-5-6-7-10-14-17-20-31(37)24-42-26-33(39)34(40)27-43-25-32(38)21-18-15-12-9-8-11-13-16-19-30(36)22-29-23-35(41)44-28(29)2/h23,28,30-34,36-40H,3-22,24-27H2,1-2H3/t28-,30+,31-,32-,33+,34+/m0/s1. The minimum Gasteiger partial charge on any atom is -0.455 e. The number of carbonyl (C=O) groups is 1. The van der Waals surface area contributed by atoms with Gasteiger partial charge in [-0.15, -0.1) is 0 Å². The summed E-state index contributed by atoms with van der Waals surface area (Å²) in [5.74, 6) is -0.312. The molecular formula is C35H66O9. The van der Waals surface area contributed by atoms with Gasteiger partial charge in [0.15, 0.2) is 0 Å². The second-order valence-corrected chi connectivity index (χ2v) is 12.8. The number of hydrogen-bond donors (Lipinski definition) is 5. The van der Waals surface area contributed by atoms with Crippen molar-refractivity contribution < 1.29 is 44.5 Å². The van der Waals surface area contributed by atoms with Crippen molar-refractivity contribution in [2.75, 3.05) is 26.4 Å². The van der Waals surface area contributed by atoms with Crippen molar-refractivity contribution in [2.24, 2.45) is 0 Å². The number of unbranched alkanes of at least 4 members (excludes halogenated alkanes) is 14. The predicted octanol–water partition coefficient (Wildman–Crippen LogP) is 5.52. The molecule has 1 aliphatic heterocycles. The number of carbonyl (C=O) groups excluding carboxylic acids is 1. The summed E-state index contributed by atoms with van der Waals surface area (Å²) >= 11 is 0. The van der Waals surface area contributed by atoms with Gasteiger partial charge in [-0.05, 0) is 38.2 Å². The summed E-state index contributed by atoms with van der Waals surface area (Å²) in [5.41, 5.74) is 0.883. The highest BCUT2D eigenvalue weighted by atomic mass is 16.5. The molecule has 0 bridgehead atoms. The van der Waals surface area contributed by atoms with E-state index in [4.69, 9.17) is 14.2 Å². The average molecular weight is 631 g/mol. The molecule has 6 atom stereocenters. The van der Waals surface area contributed by atoms with Crippen molar-refractivity contribution in [3.63, 3.8) is 0 Å². The van der Waals surface area contributed by atoms with E-state index < -0.39 is 30.5 Å². The summed E-state index contributed by atoms with van der Waals surface area (Å²) in [5, 5.41) is 50.6. The molecule has 0 spiro atoms. The van der Waals surface area contributed by atoms with E-state index in [0.29, 0.717) is 19.3 Å². The minimum atomic E-state index is -1.11. The number of aliphatic hydroxyl groups is 5. The SMILES string of the molecule is CCCCCCCCCC[C@H](O)COC[C@@H](O)[C@H](O)COC[C@@H](O)CCCCCCCCCC[C@@H](O)CC1=CC(=O)O[C@H]1C. The molecule has 5 N–H and O–H groups in total. The Hall–Kier alpha value is -1.07. The van der Waals surface area contributed by atoms with Crippen LogP contribution in [0.2, 0.25) is 0 Å². The van der Waals surface area contributed by atoms with Gasteiger partial charge in [-0.1, -0.05) is 110 Å². The van der Waals surface area contributed by atoms with Crippen LogP contribution >= 0.6 is 0 Å². The summed E-state index contributed by atoms with van der Waals surface area (Å²) < 4.78 is 15.9. The fourth-order valence-corrected chi connectivity index (χ4v) is 5.52. The van der Waals surface area contributed by atoms with E-state index in [-0.39, 0.29) is 38.5 Å². The first-order valence-electron chi connectivity index (χ1n) is 17.7. The Morgan fingerprint density at radius 3 is 1.39 bits per heavy atom. The van der Waals surface area contributed by atoms with Gasteiger partial charge in [0.2, 0.25) is 0 Å². The van der Waals surface area contributed by atoms with Crippen LogP contribution in [-0.2, 0) is 19.0 Å². The van der Waals surface area contributed by atoms with Gasteiger partial charge in [-0.3, -0.25) is 0 Å². The van der Waals surface area contributed by atoms with Gasteiger partial charge in [-0.2, -0.15) is 0 Å². The lowest BCUT2D eigenvalue weighted by Crippen LogP contribution is -2.36. The lowest BCUT2D eigenvalue weighted by molar-refractivity contribution is -0.138. The Morgan fingerprint density at radius 2 is 1.00 bits per heavy atom. The van der Waals surface area contributed by atoms with Crippen LogP contribution < -0.4 is 0 Å². The fourth-order valence-electron chi connectivity index (χ4n) is 5.52. The first kappa shape index (κ1) is 41.0. The van der Waals surface area contributed by atoms with Crippen molar-refractivity contribution in [3.05, 3.63) is 11.6 Å². The Morgan fingerprint density at radius 1 is 0.614 bits per heavy atom. The van der Waals surface area contributed by atoms with E-state index in [9.17, 15) is 30.3 Å². The molecule has 0 fully saturated rings. The molecule has 0 amide bonds. The molecule has 0 aliphatic carbocycles. The van der Waals surface area contributed by atoms with Crippen molar-refractivity contribution in [1.29, 1.82) is 0 Å². The first-order valence-corrected chi connectivity index (χ1v) is 17.7. The van der Waals surface area contributed by atoms with Crippen molar-refractivity contribution in [3.8, 4) is 0 Å². The average Bonchev–Trinajstić information content (AvgIpc) is 3.30. The molecule has 1 rings (SSSR count). The summed E-state index contributed by atoms with van der Waals surface area (Å²) in [4.78, 5) is 11.3. The predicted molar refractivity (Wildman–Crippen MR) is 173 cm³/mol. The van der Waals surface area contributed by atoms with Crippen LogP contribution in [-0.4, -0.2) is 94.6 Å². The molecule has 0 radical (unpaired) electrons. The number of aliphatic hydroxyl groups excluding tert-OH is 5. The van der Waals surface area contributed by atoms with Crippen molar-refractivity contribution in [1.82, 2.24) is 0 Å². The number of hydrogen-bond acceptors (Lipinski definition) is 9. The third kappa shape index (κ3) is 22.4. The van der Waals surface area contributed by atoms with Gasteiger partial charge in [0.05, 0.1) is 44.7 Å². The largest absolute Gasteiger partial charge is 0.455 e. The van der Waals surface area contributed by atoms with Gasteiger partial charge < -0.3 is 39.7 Å². The maximum absolute atomic E-state index is 11.3. The van der Waals surface area contributed by atoms with E-state index in [1.54, 1.807) is 0 Å². The molecular weight excluding hydrogens is 564 g/mol. The third-order valence-electron chi connectivity index (χ3n) is 8.45. The molecule has 0 saturated carbocycles. The molecule has 1 heterocycles. The Bertz CT molecular complexity index is 716. The molecule has 0 saturated heterocycles. The lowest BCUT2D eigenvalue weighted by atomic mass is 9.99. The highest BCUT2D eigenvalue weighted by molar-refractivity contribution is 5.85. The number of ether oxygens (including phenoxy) is 3. The topological polar surface area (TPSA) is 146 Å². The highest BCUT2D eigenvalue weighted by Crippen LogP contribution is 2.22. The van der Waals surface area contributed by atoms with Crippen molar-refractivity contribution >= 4 is 5.97 Å². The van der Waals surface area contributed by atoms with Crippen LogP contribution in [0, 0.1) is 0 Å². The molecule has 44 heavy (non-hydrogen) atoms. The zero-order valence-electron chi connectivity index (χ0n) is 27.9. The summed E-state index contributed by atoms with van der Waals surface area (Å²) in [6.45, 7) is 4.17. The van der Waals surface area contributed by atoms with Crippen LogP contribution in [0.3, 0.4) is 0 Å². The van der Waals surface area contributed by atoms with Crippen molar-refractivity contribution in [2.45, 2.75) is 179 Å². The number of esters is 1. The maximum atomic E-state index is 11.3. The van der Waals surface area contributed by atoms with Gasteiger partial charge >= 0.3 is 5.97 Å². The third-order valence-corrected chi connectivity index (χ3v) is 8.45. The maximum Gasteiger partial charge on any atom is 0.331 e. The number of cyclic esters (lactones) is 1. The van der Waals surface area contributed by atoms with Crippen LogP contribution in [0.5, 0.6) is 0 Å². The molecule has 1 aliphatic rings. The van der Waals surface area contributed by atoms with Gasteiger partial charge in [-0.25, -0.2) is 4.79 Å². The molecule has 0 aromatic carbocycles.